The number of aliphatic carboxylic acids is 1. The van der Waals surface area contributed by atoms with Crippen LogP contribution < -0.4 is 11.1 Å². The van der Waals surface area contributed by atoms with Gasteiger partial charge in [0.05, 0.1) is 0 Å². The minimum Gasteiger partial charge on any atom is -0.478 e. The smallest absolute Gasteiger partial charge is 0.328 e. The van der Waals surface area contributed by atoms with E-state index in [1.165, 1.54) is 19.9 Å². The predicted molar refractivity (Wildman–Crippen MR) is 78.6 cm³/mol. The van der Waals surface area contributed by atoms with Crippen molar-refractivity contribution in [3.63, 3.8) is 0 Å². The zero-order valence-corrected chi connectivity index (χ0v) is 12.1. The second-order valence-corrected chi connectivity index (χ2v) is 5.19. The third-order valence-corrected chi connectivity index (χ3v) is 2.99. The van der Waals surface area contributed by atoms with E-state index in [1.54, 1.807) is 25.1 Å². The fourth-order valence-electron chi connectivity index (χ4n) is 1.54. The minimum atomic E-state index is -1.17. The number of nitrogens with two attached hydrogens (primary N) is 1. The van der Waals surface area contributed by atoms with E-state index in [1.807, 2.05) is 0 Å². The Morgan fingerprint density at radius 2 is 1.90 bits per heavy atom. The van der Waals surface area contributed by atoms with Crippen LogP contribution in [0.25, 0.3) is 6.08 Å². The van der Waals surface area contributed by atoms with Crippen molar-refractivity contribution < 1.29 is 19.5 Å². The highest BCUT2D eigenvalue weighted by Gasteiger charge is 2.27. The van der Waals surface area contributed by atoms with Gasteiger partial charge >= 0.3 is 5.97 Å². The van der Waals surface area contributed by atoms with Crippen LogP contribution in [0.5, 0.6) is 0 Å². The van der Waals surface area contributed by atoms with Gasteiger partial charge in [-0.1, -0.05) is 6.07 Å². The van der Waals surface area contributed by atoms with Gasteiger partial charge in [-0.25, -0.2) is 4.79 Å². The highest BCUT2D eigenvalue weighted by Crippen LogP contribution is 2.14. The normalized spacial score (nSPS) is 11.4. The topological polar surface area (TPSA) is 109 Å². The highest BCUT2D eigenvalue weighted by atomic mass is 16.4. The van der Waals surface area contributed by atoms with Crippen LogP contribution in [0.3, 0.4) is 0 Å². The average molecular weight is 290 g/mol. The molecule has 0 aromatic heterocycles. The first kappa shape index (κ1) is 16.4. The molecule has 21 heavy (non-hydrogen) atoms. The van der Waals surface area contributed by atoms with E-state index in [4.69, 9.17) is 10.8 Å². The molecule has 0 bridgehead atoms. The fraction of sp³-hybridized carbons (Fsp3) is 0.267. The number of carboxylic acid groups (broad SMARTS) is 1. The first-order chi connectivity index (χ1) is 9.63. The van der Waals surface area contributed by atoms with Gasteiger partial charge < -0.3 is 16.2 Å². The zero-order chi connectivity index (χ0) is 16.2. The van der Waals surface area contributed by atoms with Gasteiger partial charge in [-0.3, -0.25) is 9.59 Å². The number of carboxylic acids is 1. The number of aryl methyl sites for hydroxylation is 1. The van der Waals surface area contributed by atoms with Gasteiger partial charge in [0.25, 0.3) is 5.91 Å². The second kappa shape index (κ2) is 6.21. The van der Waals surface area contributed by atoms with Crippen LogP contribution in [0.2, 0.25) is 0 Å². The fourth-order valence-corrected chi connectivity index (χ4v) is 1.54. The van der Waals surface area contributed by atoms with E-state index < -0.39 is 23.3 Å². The number of carbonyl (C=O) groups is 3. The summed E-state index contributed by atoms with van der Waals surface area (Å²) in [7, 11) is 0. The summed E-state index contributed by atoms with van der Waals surface area (Å²) in [5.74, 6) is -2.17. The summed E-state index contributed by atoms with van der Waals surface area (Å²) >= 11 is 0. The molecule has 1 aromatic rings. The van der Waals surface area contributed by atoms with E-state index >= 15 is 0 Å². The number of amides is 2. The van der Waals surface area contributed by atoms with Crippen molar-refractivity contribution in [2.45, 2.75) is 26.3 Å². The molecule has 1 rings (SSSR count). The number of carbonyl (C=O) groups excluding carboxylic acids is 2. The lowest BCUT2D eigenvalue weighted by atomic mass is 10.0. The maximum Gasteiger partial charge on any atom is 0.328 e. The molecule has 1 aromatic carbocycles. The highest BCUT2D eigenvalue weighted by molar-refractivity contribution is 5.99. The molecule has 0 atom stereocenters. The van der Waals surface area contributed by atoms with E-state index in [2.05, 4.69) is 5.32 Å². The van der Waals surface area contributed by atoms with Crippen LogP contribution in [0.4, 0.5) is 0 Å². The largest absolute Gasteiger partial charge is 0.478 e. The van der Waals surface area contributed by atoms with E-state index in [-0.39, 0.29) is 0 Å². The van der Waals surface area contributed by atoms with Crippen molar-refractivity contribution in [2.75, 3.05) is 0 Å². The summed E-state index contributed by atoms with van der Waals surface area (Å²) < 4.78 is 0. The molecule has 6 nitrogen and oxygen atoms in total. The van der Waals surface area contributed by atoms with Gasteiger partial charge in [0.1, 0.15) is 5.54 Å². The van der Waals surface area contributed by atoms with Crippen LogP contribution >= 0.6 is 0 Å². The van der Waals surface area contributed by atoms with Crippen LogP contribution in [-0.4, -0.2) is 28.4 Å². The quantitative estimate of drug-likeness (QED) is 0.705. The van der Waals surface area contributed by atoms with Gasteiger partial charge in [0, 0.05) is 11.6 Å². The van der Waals surface area contributed by atoms with Gasteiger partial charge in [-0.05, 0) is 50.1 Å². The van der Waals surface area contributed by atoms with Crippen LogP contribution in [0.1, 0.15) is 35.3 Å². The van der Waals surface area contributed by atoms with Gasteiger partial charge in [-0.15, -0.1) is 0 Å². The lowest BCUT2D eigenvalue weighted by molar-refractivity contribution is -0.131. The minimum absolute atomic E-state index is 0.319. The van der Waals surface area contributed by atoms with Gasteiger partial charge in [0.15, 0.2) is 0 Å². The van der Waals surface area contributed by atoms with Crippen molar-refractivity contribution in [1.29, 1.82) is 0 Å². The molecule has 0 saturated heterocycles. The van der Waals surface area contributed by atoms with Crippen molar-refractivity contribution in [2.24, 2.45) is 5.73 Å². The molecule has 0 unspecified atom stereocenters. The molecule has 0 aliphatic heterocycles. The summed E-state index contributed by atoms with van der Waals surface area (Å²) in [5, 5.41) is 11.2. The Balaban J connectivity index is 3.04. The van der Waals surface area contributed by atoms with E-state index in [9.17, 15) is 14.4 Å². The molecule has 0 fully saturated rings. The van der Waals surface area contributed by atoms with E-state index in [0.29, 0.717) is 11.1 Å². The van der Waals surface area contributed by atoms with Crippen molar-refractivity contribution in [3.8, 4) is 0 Å². The molecular formula is C15H18N2O4. The molecule has 0 radical (unpaired) electrons. The average Bonchev–Trinajstić information content (AvgIpc) is 2.36. The molecule has 0 spiro atoms. The number of benzene rings is 1. The molecule has 0 aliphatic carbocycles. The third kappa shape index (κ3) is 4.45. The Kier molecular flexibility index (Phi) is 4.86. The van der Waals surface area contributed by atoms with Crippen molar-refractivity contribution in [1.82, 2.24) is 5.32 Å². The Hall–Kier alpha value is -2.63. The Bertz CT molecular complexity index is 618. The summed E-state index contributed by atoms with van der Waals surface area (Å²) in [6, 6.07) is 4.86. The molecule has 0 aliphatic rings. The summed E-state index contributed by atoms with van der Waals surface area (Å²) in [5.41, 5.74) is 5.80. The molecule has 2 amide bonds. The number of hydrogen-bond donors (Lipinski definition) is 3. The van der Waals surface area contributed by atoms with Crippen LogP contribution in [0, 0.1) is 6.92 Å². The maximum absolute atomic E-state index is 12.1. The molecule has 0 saturated carbocycles. The number of hydrogen-bond acceptors (Lipinski definition) is 3. The molecule has 0 heterocycles. The first-order valence-corrected chi connectivity index (χ1v) is 6.27. The van der Waals surface area contributed by atoms with Gasteiger partial charge in [0.2, 0.25) is 5.91 Å². The third-order valence-electron chi connectivity index (χ3n) is 2.99. The number of nitrogens with one attached hydrogen (secondary N) is 1. The Morgan fingerprint density at radius 3 is 2.43 bits per heavy atom. The standard InChI is InChI=1S/C15H18N2O4/c1-9-4-5-11(8-10(9)6-7-12(18)19)13(20)17-15(2,3)14(16)21/h4-8H,1-3H3,(H2,16,21)(H,17,20)(H,18,19)/b7-6+. The lowest BCUT2D eigenvalue weighted by Gasteiger charge is -2.22. The monoisotopic (exact) mass is 290 g/mol. The van der Waals surface area contributed by atoms with Crippen LogP contribution in [-0.2, 0) is 9.59 Å². The summed E-state index contributed by atoms with van der Waals surface area (Å²) in [6.45, 7) is 4.82. The predicted octanol–water partition coefficient (Wildman–Crippen LogP) is 1.09. The summed E-state index contributed by atoms with van der Waals surface area (Å²) in [4.78, 5) is 33.9. The number of rotatable bonds is 5. The molecule has 6 heteroatoms. The van der Waals surface area contributed by atoms with Crippen molar-refractivity contribution >= 4 is 23.9 Å². The van der Waals surface area contributed by atoms with Crippen molar-refractivity contribution in [3.05, 3.63) is 41.0 Å². The second-order valence-electron chi connectivity index (χ2n) is 5.19. The first-order valence-electron chi connectivity index (χ1n) is 6.27. The van der Waals surface area contributed by atoms with Gasteiger partial charge in [-0.2, -0.15) is 0 Å². The molecule has 4 N–H and O–H groups in total. The zero-order valence-electron chi connectivity index (χ0n) is 12.1. The number of primary amides is 1. The van der Waals surface area contributed by atoms with E-state index in [0.717, 1.165) is 11.6 Å². The Labute approximate surface area is 122 Å². The lowest BCUT2D eigenvalue weighted by Crippen LogP contribution is -2.53. The maximum atomic E-state index is 12.1. The summed E-state index contributed by atoms with van der Waals surface area (Å²) in [6.07, 6.45) is 2.41. The van der Waals surface area contributed by atoms with Crippen LogP contribution in [0.15, 0.2) is 24.3 Å². The molecular weight excluding hydrogens is 272 g/mol. The Morgan fingerprint density at radius 1 is 1.29 bits per heavy atom. The SMILES string of the molecule is Cc1ccc(C(=O)NC(C)(C)C(N)=O)cc1/C=C/C(=O)O. The molecule has 112 valence electrons.